The first-order valence-corrected chi connectivity index (χ1v) is 7.49. The van der Waals surface area contributed by atoms with Crippen molar-refractivity contribution in [3.05, 3.63) is 23.2 Å². The summed E-state index contributed by atoms with van der Waals surface area (Å²) in [5.74, 6) is 0.0502. The summed E-state index contributed by atoms with van der Waals surface area (Å²) in [6.07, 6.45) is 0.421. The fourth-order valence-corrected chi connectivity index (χ4v) is 2.72. The summed E-state index contributed by atoms with van der Waals surface area (Å²) in [4.78, 5) is 27.0. The molecule has 0 saturated carbocycles. The van der Waals surface area contributed by atoms with Crippen LogP contribution in [0, 0.1) is 0 Å². The summed E-state index contributed by atoms with van der Waals surface area (Å²) in [5, 5.41) is 3.50. The molecular weight excluding hydrogens is 290 g/mol. The second kappa shape index (κ2) is 6.80. The third-order valence-electron chi connectivity index (χ3n) is 3.62. The van der Waals surface area contributed by atoms with Gasteiger partial charge in [-0.2, -0.15) is 0 Å². The van der Waals surface area contributed by atoms with Crippen LogP contribution >= 0.6 is 11.6 Å². The van der Waals surface area contributed by atoms with E-state index in [2.05, 4.69) is 10.2 Å². The summed E-state index contributed by atoms with van der Waals surface area (Å²) >= 11 is 6.31. The van der Waals surface area contributed by atoms with Crippen LogP contribution in [0.5, 0.6) is 0 Å². The van der Waals surface area contributed by atoms with Gasteiger partial charge < -0.3 is 15.1 Å². The van der Waals surface area contributed by atoms with Crippen LogP contribution in [0.4, 0.5) is 11.4 Å². The Bertz CT molecular complexity index is 540. The topological polar surface area (TPSA) is 52.7 Å². The van der Waals surface area contributed by atoms with E-state index >= 15 is 0 Å². The zero-order chi connectivity index (χ0) is 15.4. The molecule has 21 heavy (non-hydrogen) atoms. The van der Waals surface area contributed by atoms with Crippen molar-refractivity contribution in [2.24, 2.45) is 0 Å². The third kappa shape index (κ3) is 3.67. The molecule has 114 valence electrons. The fraction of sp³-hybridized carbons (Fsp3) is 0.467. The van der Waals surface area contributed by atoms with E-state index < -0.39 is 0 Å². The van der Waals surface area contributed by atoms with Crippen molar-refractivity contribution in [2.45, 2.75) is 20.3 Å². The molecule has 1 aliphatic heterocycles. The molecule has 6 heteroatoms. The maximum absolute atomic E-state index is 11.6. The van der Waals surface area contributed by atoms with Gasteiger partial charge >= 0.3 is 0 Å². The van der Waals surface area contributed by atoms with Gasteiger partial charge in [-0.3, -0.25) is 9.59 Å². The number of hydrogen-bond acceptors (Lipinski definition) is 3. The number of carbonyl (C=O) groups excluding carboxylic acids is 2. The molecule has 0 aromatic heterocycles. The minimum atomic E-state index is -0.0408. The lowest BCUT2D eigenvalue weighted by Crippen LogP contribution is -2.48. The SMILES string of the molecule is CCC(=O)Nc1cccc(Cl)c1N1CCN(C(C)=O)CC1. The van der Waals surface area contributed by atoms with E-state index in [9.17, 15) is 9.59 Å². The summed E-state index contributed by atoms with van der Waals surface area (Å²) in [5.41, 5.74) is 1.56. The van der Waals surface area contributed by atoms with Gasteiger partial charge in [0.2, 0.25) is 11.8 Å². The van der Waals surface area contributed by atoms with E-state index in [1.165, 1.54) is 0 Å². The predicted octanol–water partition coefficient (Wildman–Crippen LogP) is 2.36. The van der Waals surface area contributed by atoms with E-state index in [4.69, 9.17) is 11.6 Å². The maximum atomic E-state index is 11.6. The number of piperazine rings is 1. The molecule has 1 aliphatic rings. The molecule has 1 aromatic rings. The second-order valence-electron chi connectivity index (χ2n) is 5.03. The van der Waals surface area contributed by atoms with Crippen molar-refractivity contribution < 1.29 is 9.59 Å². The van der Waals surface area contributed by atoms with Crippen molar-refractivity contribution in [3.8, 4) is 0 Å². The van der Waals surface area contributed by atoms with Gasteiger partial charge in [0, 0.05) is 39.5 Å². The normalized spacial score (nSPS) is 15.0. The average molecular weight is 310 g/mol. The Kier molecular flexibility index (Phi) is 5.07. The summed E-state index contributed by atoms with van der Waals surface area (Å²) < 4.78 is 0. The number of benzene rings is 1. The van der Waals surface area contributed by atoms with E-state index in [0.29, 0.717) is 37.6 Å². The van der Waals surface area contributed by atoms with Crippen molar-refractivity contribution in [3.63, 3.8) is 0 Å². The monoisotopic (exact) mass is 309 g/mol. The van der Waals surface area contributed by atoms with Gasteiger partial charge in [-0.15, -0.1) is 0 Å². The Morgan fingerprint density at radius 2 is 1.90 bits per heavy atom. The highest BCUT2D eigenvalue weighted by molar-refractivity contribution is 6.34. The number of carbonyl (C=O) groups is 2. The molecule has 2 rings (SSSR count). The lowest BCUT2D eigenvalue weighted by Gasteiger charge is -2.36. The second-order valence-corrected chi connectivity index (χ2v) is 5.44. The largest absolute Gasteiger partial charge is 0.365 e. The molecular formula is C15H20ClN3O2. The van der Waals surface area contributed by atoms with Crippen LogP contribution in [0.25, 0.3) is 0 Å². The molecule has 1 fully saturated rings. The first kappa shape index (κ1) is 15.6. The fourth-order valence-electron chi connectivity index (χ4n) is 2.42. The van der Waals surface area contributed by atoms with Crippen LogP contribution in [0.1, 0.15) is 20.3 Å². The van der Waals surface area contributed by atoms with Crippen LogP contribution in [-0.4, -0.2) is 42.9 Å². The standard InChI is InChI=1S/C15H20ClN3O2/c1-3-14(21)17-13-6-4-5-12(16)15(13)19-9-7-18(8-10-19)11(2)20/h4-6H,3,7-10H2,1-2H3,(H,17,21). The smallest absolute Gasteiger partial charge is 0.224 e. The highest BCUT2D eigenvalue weighted by Crippen LogP contribution is 2.34. The predicted molar refractivity (Wildman–Crippen MR) is 84.8 cm³/mol. The molecule has 0 atom stereocenters. The molecule has 0 spiro atoms. The van der Waals surface area contributed by atoms with Gasteiger partial charge in [-0.05, 0) is 12.1 Å². The van der Waals surface area contributed by atoms with Crippen molar-refractivity contribution in [1.82, 2.24) is 4.90 Å². The molecule has 0 aliphatic carbocycles. The molecule has 5 nitrogen and oxygen atoms in total. The quantitative estimate of drug-likeness (QED) is 0.932. The van der Waals surface area contributed by atoms with Crippen LogP contribution in [0.15, 0.2) is 18.2 Å². The van der Waals surface area contributed by atoms with Gasteiger partial charge in [0.05, 0.1) is 16.4 Å². The van der Waals surface area contributed by atoms with Crippen LogP contribution in [0.3, 0.4) is 0 Å². The van der Waals surface area contributed by atoms with Crippen LogP contribution in [-0.2, 0) is 9.59 Å². The molecule has 1 aromatic carbocycles. The van der Waals surface area contributed by atoms with Crippen LogP contribution < -0.4 is 10.2 Å². The highest BCUT2D eigenvalue weighted by atomic mass is 35.5. The molecule has 0 bridgehead atoms. The highest BCUT2D eigenvalue weighted by Gasteiger charge is 2.22. The molecule has 1 heterocycles. The number of nitrogens with one attached hydrogen (secondary N) is 1. The molecule has 1 N–H and O–H groups in total. The Hall–Kier alpha value is -1.75. The summed E-state index contributed by atoms with van der Waals surface area (Å²) in [6, 6.07) is 5.49. The first-order chi connectivity index (χ1) is 10.0. The third-order valence-corrected chi connectivity index (χ3v) is 3.93. The minimum Gasteiger partial charge on any atom is -0.365 e. The number of anilines is 2. The van der Waals surface area contributed by atoms with E-state index in [1.807, 2.05) is 30.0 Å². The number of para-hydroxylation sites is 1. The first-order valence-electron chi connectivity index (χ1n) is 7.11. The molecule has 0 unspecified atom stereocenters. The number of rotatable bonds is 3. The van der Waals surface area contributed by atoms with Gasteiger partial charge in [0.1, 0.15) is 0 Å². The maximum Gasteiger partial charge on any atom is 0.224 e. The summed E-state index contributed by atoms with van der Waals surface area (Å²) in [7, 11) is 0. The Morgan fingerprint density at radius 1 is 1.24 bits per heavy atom. The Morgan fingerprint density at radius 3 is 2.48 bits per heavy atom. The lowest BCUT2D eigenvalue weighted by molar-refractivity contribution is -0.129. The van der Waals surface area contributed by atoms with Gasteiger partial charge in [0.25, 0.3) is 0 Å². The Labute approximate surface area is 129 Å². The minimum absolute atomic E-state index is 0.0408. The molecule has 1 saturated heterocycles. The van der Waals surface area contributed by atoms with E-state index in [-0.39, 0.29) is 11.8 Å². The molecule has 2 amide bonds. The molecule has 0 radical (unpaired) electrons. The van der Waals surface area contributed by atoms with Crippen LogP contribution in [0.2, 0.25) is 5.02 Å². The van der Waals surface area contributed by atoms with E-state index in [1.54, 1.807) is 6.92 Å². The number of hydrogen-bond donors (Lipinski definition) is 1. The van der Waals surface area contributed by atoms with Crippen molar-refractivity contribution in [1.29, 1.82) is 0 Å². The average Bonchev–Trinajstić information content (AvgIpc) is 2.47. The Balaban J connectivity index is 2.19. The van der Waals surface area contributed by atoms with Crippen molar-refractivity contribution in [2.75, 3.05) is 36.4 Å². The number of amides is 2. The van der Waals surface area contributed by atoms with Gasteiger partial charge in [-0.1, -0.05) is 24.6 Å². The number of halogens is 1. The lowest BCUT2D eigenvalue weighted by atomic mass is 10.2. The number of nitrogens with zero attached hydrogens (tertiary/aromatic N) is 2. The van der Waals surface area contributed by atoms with E-state index in [0.717, 1.165) is 11.4 Å². The van der Waals surface area contributed by atoms with Gasteiger partial charge in [0.15, 0.2) is 0 Å². The zero-order valence-electron chi connectivity index (χ0n) is 12.4. The van der Waals surface area contributed by atoms with Crippen molar-refractivity contribution >= 4 is 34.8 Å². The summed E-state index contributed by atoms with van der Waals surface area (Å²) in [6.45, 7) is 6.14. The zero-order valence-corrected chi connectivity index (χ0v) is 13.1. The van der Waals surface area contributed by atoms with Gasteiger partial charge in [-0.25, -0.2) is 0 Å².